The van der Waals surface area contributed by atoms with Gasteiger partial charge in [0.05, 0.1) is 12.8 Å². The highest BCUT2D eigenvalue weighted by atomic mass is 16.5. The molecule has 1 aliphatic heterocycles. The van der Waals surface area contributed by atoms with E-state index in [0.717, 1.165) is 31.6 Å². The van der Waals surface area contributed by atoms with E-state index in [1.54, 1.807) is 4.68 Å². The third-order valence-corrected chi connectivity index (χ3v) is 3.03. The van der Waals surface area contributed by atoms with E-state index < -0.39 is 0 Å². The van der Waals surface area contributed by atoms with Gasteiger partial charge in [-0.25, -0.2) is 4.79 Å². The molecule has 1 atom stereocenters. The van der Waals surface area contributed by atoms with E-state index in [2.05, 4.69) is 15.7 Å². The number of nitrogens with zero attached hydrogens (tertiary/aromatic N) is 2. The molecule has 2 heterocycles. The number of carbonyl (C=O) groups excluding carboxylic acids is 1. The van der Waals surface area contributed by atoms with Gasteiger partial charge in [-0.2, -0.15) is 5.10 Å². The van der Waals surface area contributed by atoms with Gasteiger partial charge in [0.15, 0.2) is 0 Å². The first kappa shape index (κ1) is 12.9. The Morgan fingerprint density at radius 2 is 2.50 bits per heavy atom. The maximum Gasteiger partial charge on any atom is 0.314 e. The van der Waals surface area contributed by atoms with Gasteiger partial charge in [-0.3, -0.25) is 4.68 Å². The summed E-state index contributed by atoms with van der Waals surface area (Å²) in [6.07, 6.45) is 5.61. The molecule has 0 aliphatic carbocycles. The van der Waals surface area contributed by atoms with Crippen LogP contribution in [0.25, 0.3) is 0 Å². The quantitative estimate of drug-likeness (QED) is 0.792. The van der Waals surface area contributed by atoms with Crippen LogP contribution in [0, 0.1) is 5.92 Å². The summed E-state index contributed by atoms with van der Waals surface area (Å²) in [4.78, 5) is 11.5. The third kappa shape index (κ3) is 4.03. The Morgan fingerprint density at radius 3 is 3.17 bits per heavy atom. The van der Waals surface area contributed by atoms with Crippen LogP contribution < -0.4 is 10.6 Å². The molecule has 1 aliphatic rings. The summed E-state index contributed by atoms with van der Waals surface area (Å²) in [7, 11) is 1.88. The van der Waals surface area contributed by atoms with Crippen LogP contribution in [0.4, 0.5) is 4.79 Å². The summed E-state index contributed by atoms with van der Waals surface area (Å²) in [5, 5.41) is 9.78. The van der Waals surface area contributed by atoms with Crippen molar-refractivity contribution in [2.75, 3.05) is 26.3 Å². The van der Waals surface area contributed by atoms with Crippen LogP contribution in [-0.2, 0) is 18.2 Å². The molecular formula is C12H20N4O2. The van der Waals surface area contributed by atoms with Gasteiger partial charge in [0, 0.05) is 38.9 Å². The third-order valence-electron chi connectivity index (χ3n) is 3.03. The second kappa shape index (κ2) is 6.39. The van der Waals surface area contributed by atoms with Gasteiger partial charge in [0.2, 0.25) is 0 Å². The summed E-state index contributed by atoms with van der Waals surface area (Å²) < 4.78 is 7.01. The Balaban J connectivity index is 1.57. The van der Waals surface area contributed by atoms with Gasteiger partial charge in [-0.05, 0) is 18.4 Å². The summed E-state index contributed by atoms with van der Waals surface area (Å²) in [5.41, 5.74) is 1.13. The zero-order chi connectivity index (χ0) is 12.8. The molecule has 1 saturated heterocycles. The largest absolute Gasteiger partial charge is 0.381 e. The lowest BCUT2D eigenvalue weighted by Gasteiger charge is -2.10. The summed E-state index contributed by atoms with van der Waals surface area (Å²) in [6.45, 7) is 2.89. The zero-order valence-electron chi connectivity index (χ0n) is 10.7. The van der Waals surface area contributed by atoms with Crippen molar-refractivity contribution in [1.82, 2.24) is 20.4 Å². The van der Waals surface area contributed by atoms with Crippen molar-refractivity contribution in [3.63, 3.8) is 0 Å². The second-order valence-electron chi connectivity index (χ2n) is 4.64. The normalized spacial score (nSPS) is 18.8. The smallest absolute Gasteiger partial charge is 0.314 e. The number of hydrogen-bond acceptors (Lipinski definition) is 3. The molecule has 6 heteroatoms. The van der Waals surface area contributed by atoms with Gasteiger partial charge >= 0.3 is 6.03 Å². The molecule has 1 fully saturated rings. The van der Waals surface area contributed by atoms with Crippen molar-refractivity contribution >= 4 is 6.03 Å². The van der Waals surface area contributed by atoms with Crippen LogP contribution in [0.1, 0.15) is 12.0 Å². The number of aryl methyl sites for hydroxylation is 1. The van der Waals surface area contributed by atoms with E-state index >= 15 is 0 Å². The number of nitrogens with one attached hydrogen (secondary N) is 2. The van der Waals surface area contributed by atoms with E-state index in [1.165, 1.54) is 0 Å². The molecule has 18 heavy (non-hydrogen) atoms. The Bertz CT molecular complexity index is 385. The lowest BCUT2D eigenvalue weighted by molar-refractivity contribution is 0.185. The Morgan fingerprint density at radius 1 is 1.61 bits per heavy atom. The number of urea groups is 1. The number of hydrogen-bond donors (Lipinski definition) is 2. The fourth-order valence-corrected chi connectivity index (χ4v) is 1.97. The SMILES string of the molecule is Cn1cc(CCNC(=O)NC[C@@H]2CCOC2)cn1. The fraction of sp³-hybridized carbons (Fsp3) is 0.667. The number of aromatic nitrogens is 2. The molecule has 1 aromatic heterocycles. The molecule has 2 N–H and O–H groups in total. The molecular weight excluding hydrogens is 232 g/mol. The van der Waals surface area contributed by atoms with E-state index in [-0.39, 0.29) is 6.03 Å². The fourth-order valence-electron chi connectivity index (χ4n) is 1.97. The Hall–Kier alpha value is -1.56. The molecule has 0 saturated carbocycles. The van der Waals surface area contributed by atoms with E-state index in [0.29, 0.717) is 19.0 Å². The minimum Gasteiger partial charge on any atom is -0.381 e. The van der Waals surface area contributed by atoms with Gasteiger partial charge in [0.1, 0.15) is 0 Å². The molecule has 0 radical (unpaired) electrons. The maximum atomic E-state index is 11.5. The van der Waals surface area contributed by atoms with Gasteiger partial charge in [0.25, 0.3) is 0 Å². The predicted molar refractivity (Wildman–Crippen MR) is 67.2 cm³/mol. The molecule has 0 unspecified atom stereocenters. The lowest BCUT2D eigenvalue weighted by Crippen LogP contribution is -2.39. The van der Waals surface area contributed by atoms with Gasteiger partial charge in [-0.15, -0.1) is 0 Å². The van der Waals surface area contributed by atoms with E-state index in [9.17, 15) is 4.79 Å². The maximum absolute atomic E-state index is 11.5. The van der Waals surface area contributed by atoms with Crippen LogP contribution in [0.3, 0.4) is 0 Å². The van der Waals surface area contributed by atoms with E-state index in [4.69, 9.17) is 4.74 Å². The summed E-state index contributed by atoms with van der Waals surface area (Å²) in [6, 6.07) is -0.106. The van der Waals surface area contributed by atoms with Crippen molar-refractivity contribution < 1.29 is 9.53 Å². The monoisotopic (exact) mass is 252 g/mol. The standard InChI is InChI=1S/C12H20N4O2/c1-16-8-10(7-15-16)2-4-13-12(17)14-6-11-3-5-18-9-11/h7-8,11H,2-6,9H2,1H3,(H2,13,14,17)/t11-/m0/s1. The highest BCUT2D eigenvalue weighted by molar-refractivity contribution is 5.73. The number of amides is 2. The van der Waals surface area contributed by atoms with Crippen LogP contribution in [-0.4, -0.2) is 42.1 Å². The first-order valence-electron chi connectivity index (χ1n) is 6.31. The highest BCUT2D eigenvalue weighted by Gasteiger charge is 2.15. The number of carbonyl (C=O) groups is 1. The topological polar surface area (TPSA) is 68.2 Å². The molecule has 0 bridgehead atoms. The molecule has 2 rings (SSSR count). The van der Waals surface area contributed by atoms with Crippen LogP contribution in [0.5, 0.6) is 0 Å². The molecule has 6 nitrogen and oxygen atoms in total. The highest BCUT2D eigenvalue weighted by Crippen LogP contribution is 2.10. The number of ether oxygens (including phenoxy) is 1. The van der Waals surface area contributed by atoms with Crippen molar-refractivity contribution in [2.24, 2.45) is 13.0 Å². The van der Waals surface area contributed by atoms with Crippen LogP contribution in [0.15, 0.2) is 12.4 Å². The van der Waals surface area contributed by atoms with Crippen molar-refractivity contribution in [3.8, 4) is 0 Å². The van der Waals surface area contributed by atoms with Crippen molar-refractivity contribution in [1.29, 1.82) is 0 Å². The number of rotatable bonds is 5. The first-order chi connectivity index (χ1) is 8.74. The predicted octanol–water partition coefficient (Wildman–Crippen LogP) is 0.298. The average molecular weight is 252 g/mol. The van der Waals surface area contributed by atoms with Gasteiger partial charge < -0.3 is 15.4 Å². The summed E-state index contributed by atoms with van der Waals surface area (Å²) >= 11 is 0. The minimum atomic E-state index is -0.106. The Labute approximate surface area is 107 Å². The van der Waals surface area contributed by atoms with Crippen molar-refractivity contribution in [2.45, 2.75) is 12.8 Å². The molecule has 0 spiro atoms. The van der Waals surface area contributed by atoms with Crippen LogP contribution in [0.2, 0.25) is 0 Å². The van der Waals surface area contributed by atoms with Crippen LogP contribution >= 0.6 is 0 Å². The first-order valence-corrected chi connectivity index (χ1v) is 6.31. The lowest BCUT2D eigenvalue weighted by atomic mass is 10.1. The van der Waals surface area contributed by atoms with E-state index in [1.807, 2.05) is 19.4 Å². The molecule has 100 valence electrons. The second-order valence-corrected chi connectivity index (χ2v) is 4.64. The zero-order valence-corrected chi connectivity index (χ0v) is 10.7. The molecule has 0 aromatic carbocycles. The minimum absolute atomic E-state index is 0.106. The Kier molecular flexibility index (Phi) is 4.58. The summed E-state index contributed by atoms with van der Waals surface area (Å²) in [5.74, 6) is 0.467. The van der Waals surface area contributed by atoms with Crippen molar-refractivity contribution in [3.05, 3.63) is 18.0 Å². The molecule has 2 amide bonds. The molecule has 1 aromatic rings. The van der Waals surface area contributed by atoms with Gasteiger partial charge in [-0.1, -0.05) is 0 Å². The average Bonchev–Trinajstić information content (AvgIpc) is 2.98.